The molecule has 4 nitrogen and oxygen atoms in total. The number of hydrogen-bond donors (Lipinski definition) is 1. The van der Waals surface area contributed by atoms with Gasteiger partial charge in [0.2, 0.25) is 0 Å². The zero-order valence-electron chi connectivity index (χ0n) is 13.4. The van der Waals surface area contributed by atoms with Crippen LogP contribution in [0.1, 0.15) is 43.5 Å². The van der Waals surface area contributed by atoms with E-state index in [9.17, 15) is 0 Å². The van der Waals surface area contributed by atoms with Gasteiger partial charge in [-0.05, 0) is 44.5 Å². The lowest BCUT2D eigenvalue weighted by molar-refractivity contribution is 0.304. The maximum atomic E-state index is 5.90. The number of benzene rings is 1. The Hall–Kier alpha value is -1.81. The van der Waals surface area contributed by atoms with Crippen LogP contribution in [0, 0.1) is 6.92 Å². The van der Waals surface area contributed by atoms with Crippen molar-refractivity contribution in [3.63, 3.8) is 0 Å². The average molecular weight is 287 g/mol. The summed E-state index contributed by atoms with van der Waals surface area (Å²) in [4.78, 5) is 0. The second-order valence-electron chi connectivity index (χ2n) is 5.30. The van der Waals surface area contributed by atoms with E-state index in [1.54, 1.807) is 0 Å². The first-order valence-electron chi connectivity index (χ1n) is 7.62. The Balaban J connectivity index is 2.00. The van der Waals surface area contributed by atoms with Crippen LogP contribution in [0.5, 0.6) is 5.75 Å². The standard InChI is InChI=1S/C17H25N3O/c1-5-18-14(4)16-7-8-17(13(3)9-16)21-12-15-10-19-20(6-2)11-15/h7-11,14,18H,5-6,12H2,1-4H3. The van der Waals surface area contributed by atoms with E-state index in [-0.39, 0.29) is 0 Å². The molecule has 0 saturated heterocycles. The minimum Gasteiger partial charge on any atom is -0.489 e. The molecule has 1 N–H and O–H groups in total. The highest BCUT2D eigenvalue weighted by Crippen LogP contribution is 2.23. The molecule has 1 heterocycles. The number of nitrogens with zero attached hydrogens (tertiary/aromatic N) is 2. The Bertz CT molecular complexity index is 577. The van der Waals surface area contributed by atoms with Gasteiger partial charge in [0.1, 0.15) is 12.4 Å². The minimum atomic E-state index is 0.366. The molecular weight excluding hydrogens is 262 g/mol. The van der Waals surface area contributed by atoms with Crippen molar-refractivity contribution in [2.24, 2.45) is 0 Å². The molecule has 0 amide bonds. The number of hydrogen-bond acceptors (Lipinski definition) is 3. The van der Waals surface area contributed by atoms with Crippen LogP contribution in [0.4, 0.5) is 0 Å². The van der Waals surface area contributed by atoms with E-state index in [1.165, 1.54) is 11.1 Å². The monoisotopic (exact) mass is 287 g/mol. The zero-order chi connectivity index (χ0) is 15.2. The first-order chi connectivity index (χ1) is 10.1. The predicted octanol–water partition coefficient (Wildman–Crippen LogP) is 3.46. The summed E-state index contributed by atoms with van der Waals surface area (Å²) in [7, 11) is 0. The van der Waals surface area contributed by atoms with Gasteiger partial charge in [-0.1, -0.05) is 19.1 Å². The first-order valence-corrected chi connectivity index (χ1v) is 7.62. The molecule has 2 aromatic rings. The maximum absolute atomic E-state index is 5.90. The Kier molecular flexibility index (Phi) is 5.39. The summed E-state index contributed by atoms with van der Waals surface area (Å²) in [6, 6.07) is 6.75. The van der Waals surface area contributed by atoms with Crippen LogP contribution >= 0.6 is 0 Å². The summed E-state index contributed by atoms with van der Waals surface area (Å²) in [6.07, 6.45) is 3.89. The fourth-order valence-corrected chi connectivity index (χ4v) is 2.34. The summed E-state index contributed by atoms with van der Waals surface area (Å²) in [6.45, 7) is 10.9. The third kappa shape index (κ3) is 4.08. The van der Waals surface area contributed by atoms with Crippen molar-refractivity contribution in [3.8, 4) is 5.75 Å². The highest BCUT2D eigenvalue weighted by Gasteiger charge is 2.07. The van der Waals surface area contributed by atoms with E-state index < -0.39 is 0 Å². The van der Waals surface area contributed by atoms with Crippen molar-refractivity contribution in [1.29, 1.82) is 0 Å². The van der Waals surface area contributed by atoms with Gasteiger partial charge in [0, 0.05) is 24.3 Å². The molecule has 1 unspecified atom stereocenters. The molecule has 0 aliphatic rings. The SMILES string of the molecule is CCNC(C)c1ccc(OCc2cnn(CC)c2)c(C)c1. The number of nitrogens with one attached hydrogen (secondary N) is 1. The lowest BCUT2D eigenvalue weighted by Crippen LogP contribution is -2.17. The van der Waals surface area contributed by atoms with E-state index in [0.29, 0.717) is 12.6 Å². The van der Waals surface area contributed by atoms with Crippen LogP contribution in [-0.4, -0.2) is 16.3 Å². The van der Waals surface area contributed by atoms with E-state index in [0.717, 1.165) is 24.4 Å². The molecule has 1 aromatic heterocycles. The molecule has 0 aliphatic heterocycles. The third-order valence-corrected chi connectivity index (χ3v) is 3.61. The molecule has 0 spiro atoms. The number of ether oxygens (including phenoxy) is 1. The number of aromatic nitrogens is 2. The molecule has 0 saturated carbocycles. The molecular formula is C17H25N3O. The maximum Gasteiger partial charge on any atom is 0.122 e. The van der Waals surface area contributed by atoms with Gasteiger partial charge in [-0.2, -0.15) is 5.10 Å². The highest BCUT2D eigenvalue weighted by molar-refractivity contribution is 5.37. The van der Waals surface area contributed by atoms with Gasteiger partial charge in [0.15, 0.2) is 0 Å². The van der Waals surface area contributed by atoms with Crippen molar-refractivity contribution in [2.45, 2.75) is 46.9 Å². The summed E-state index contributed by atoms with van der Waals surface area (Å²) >= 11 is 0. The van der Waals surface area contributed by atoms with Crippen LogP contribution in [0.3, 0.4) is 0 Å². The lowest BCUT2D eigenvalue weighted by Gasteiger charge is -2.15. The van der Waals surface area contributed by atoms with Crippen LogP contribution in [0.15, 0.2) is 30.6 Å². The largest absolute Gasteiger partial charge is 0.489 e. The first kappa shape index (κ1) is 15.6. The zero-order valence-corrected chi connectivity index (χ0v) is 13.4. The lowest BCUT2D eigenvalue weighted by atomic mass is 10.1. The summed E-state index contributed by atoms with van der Waals surface area (Å²) in [5, 5.41) is 7.68. The van der Waals surface area contributed by atoms with Gasteiger partial charge in [0.05, 0.1) is 6.20 Å². The average Bonchev–Trinajstić information content (AvgIpc) is 2.94. The molecule has 114 valence electrons. The second kappa shape index (κ2) is 7.27. The topological polar surface area (TPSA) is 39.1 Å². The van der Waals surface area contributed by atoms with Crippen LogP contribution < -0.4 is 10.1 Å². The van der Waals surface area contributed by atoms with Gasteiger partial charge in [-0.15, -0.1) is 0 Å². The summed E-state index contributed by atoms with van der Waals surface area (Å²) in [5.74, 6) is 0.937. The van der Waals surface area contributed by atoms with E-state index in [2.05, 4.69) is 56.3 Å². The van der Waals surface area contributed by atoms with Crippen LogP contribution in [0.25, 0.3) is 0 Å². The summed E-state index contributed by atoms with van der Waals surface area (Å²) in [5.41, 5.74) is 3.56. The Morgan fingerprint density at radius 1 is 1.33 bits per heavy atom. The van der Waals surface area contributed by atoms with Gasteiger partial charge in [-0.25, -0.2) is 0 Å². The van der Waals surface area contributed by atoms with E-state index in [1.807, 2.05) is 17.1 Å². The van der Waals surface area contributed by atoms with Crippen molar-refractivity contribution < 1.29 is 4.74 Å². The van der Waals surface area contributed by atoms with E-state index in [4.69, 9.17) is 4.74 Å². The molecule has 4 heteroatoms. The Morgan fingerprint density at radius 3 is 2.76 bits per heavy atom. The smallest absolute Gasteiger partial charge is 0.122 e. The van der Waals surface area contributed by atoms with Gasteiger partial charge < -0.3 is 10.1 Å². The van der Waals surface area contributed by atoms with Crippen LogP contribution in [-0.2, 0) is 13.2 Å². The molecule has 0 bridgehead atoms. The highest BCUT2D eigenvalue weighted by atomic mass is 16.5. The van der Waals surface area contributed by atoms with Gasteiger partial charge in [-0.3, -0.25) is 4.68 Å². The Morgan fingerprint density at radius 2 is 2.14 bits per heavy atom. The van der Waals surface area contributed by atoms with Crippen molar-refractivity contribution >= 4 is 0 Å². The van der Waals surface area contributed by atoms with Crippen LogP contribution in [0.2, 0.25) is 0 Å². The molecule has 0 aliphatic carbocycles. The fourth-order valence-electron chi connectivity index (χ4n) is 2.34. The fraction of sp³-hybridized carbons (Fsp3) is 0.471. The second-order valence-corrected chi connectivity index (χ2v) is 5.30. The number of rotatable bonds is 7. The third-order valence-electron chi connectivity index (χ3n) is 3.61. The van der Waals surface area contributed by atoms with Gasteiger partial charge in [0.25, 0.3) is 0 Å². The Labute approximate surface area is 127 Å². The van der Waals surface area contributed by atoms with Gasteiger partial charge >= 0.3 is 0 Å². The van der Waals surface area contributed by atoms with Crippen molar-refractivity contribution in [3.05, 3.63) is 47.3 Å². The minimum absolute atomic E-state index is 0.366. The normalized spacial score (nSPS) is 12.4. The van der Waals surface area contributed by atoms with E-state index >= 15 is 0 Å². The molecule has 1 aromatic carbocycles. The number of aryl methyl sites for hydroxylation is 2. The molecule has 21 heavy (non-hydrogen) atoms. The molecule has 0 fully saturated rings. The molecule has 0 radical (unpaired) electrons. The summed E-state index contributed by atoms with van der Waals surface area (Å²) < 4.78 is 7.81. The molecule has 1 atom stereocenters. The quantitative estimate of drug-likeness (QED) is 0.847. The molecule has 2 rings (SSSR count). The van der Waals surface area contributed by atoms with Crippen molar-refractivity contribution in [1.82, 2.24) is 15.1 Å². The predicted molar refractivity (Wildman–Crippen MR) is 85.5 cm³/mol. The van der Waals surface area contributed by atoms with Crippen molar-refractivity contribution in [2.75, 3.05) is 6.54 Å².